The molecule has 1 aliphatic rings. The van der Waals surface area contributed by atoms with E-state index in [1.807, 2.05) is 24.3 Å². The molecular weight excluding hydrogens is 382 g/mol. The van der Waals surface area contributed by atoms with E-state index < -0.39 is 12.5 Å². The number of para-hydroxylation sites is 1. The molecule has 8 heteroatoms. The highest BCUT2D eigenvalue weighted by atomic mass is 19.3. The van der Waals surface area contributed by atoms with E-state index in [0.29, 0.717) is 19.8 Å². The molecule has 1 atom stereocenters. The van der Waals surface area contributed by atoms with Gasteiger partial charge in [0.25, 0.3) is 5.91 Å². The van der Waals surface area contributed by atoms with E-state index in [1.165, 1.54) is 12.1 Å². The zero-order chi connectivity index (χ0) is 20.6. The van der Waals surface area contributed by atoms with Gasteiger partial charge in [-0.1, -0.05) is 24.3 Å². The third-order valence-electron chi connectivity index (χ3n) is 4.79. The lowest BCUT2D eigenvalue weighted by molar-refractivity contribution is -0.0501. The van der Waals surface area contributed by atoms with Gasteiger partial charge >= 0.3 is 6.61 Å². The summed E-state index contributed by atoms with van der Waals surface area (Å²) < 4.78 is 40.4. The van der Waals surface area contributed by atoms with Gasteiger partial charge in [0, 0.05) is 19.6 Å². The van der Waals surface area contributed by atoms with Gasteiger partial charge in [-0.05, 0) is 29.8 Å². The standard InChI is InChI=1S/C21H24F2N2O4/c1-27-16-8-6-15(7-9-16)18(25-10-12-28-13-11-25)14-24-20(26)17-4-2-3-5-19(17)29-21(22)23/h2-9,18,21H,10-14H2,1H3,(H,24,26). The maximum absolute atomic E-state index is 12.7. The Kier molecular flexibility index (Phi) is 7.37. The summed E-state index contributed by atoms with van der Waals surface area (Å²) >= 11 is 0. The summed E-state index contributed by atoms with van der Waals surface area (Å²) in [5, 5.41) is 2.86. The molecule has 1 fully saturated rings. The minimum absolute atomic E-state index is 0.0725. The van der Waals surface area contributed by atoms with E-state index >= 15 is 0 Å². The van der Waals surface area contributed by atoms with Crippen molar-refractivity contribution in [2.75, 3.05) is 40.0 Å². The zero-order valence-corrected chi connectivity index (χ0v) is 16.1. The van der Waals surface area contributed by atoms with Gasteiger partial charge in [-0.2, -0.15) is 8.78 Å². The molecule has 0 saturated carbocycles. The molecule has 0 aliphatic carbocycles. The van der Waals surface area contributed by atoms with Gasteiger partial charge in [0.2, 0.25) is 0 Å². The molecule has 3 rings (SSSR count). The summed E-state index contributed by atoms with van der Waals surface area (Å²) in [6.45, 7) is 0.0187. The van der Waals surface area contributed by atoms with Crippen molar-refractivity contribution in [3.8, 4) is 11.5 Å². The number of morpholine rings is 1. The molecule has 0 aromatic heterocycles. The normalized spacial score (nSPS) is 15.7. The highest BCUT2D eigenvalue weighted by Crippen LogP contribution is 2.25. The lowest BCUT2D eigenvalue weighted by Crippen LogP contribution is -2.43. The van der Waals surface area contributed by atoms with Gasteiger partial charge in [0.15, 0.2) is 0 Å². The summed E-state index contributed by atoms with van der Waals surface area (Å²) in [4.78, 5) is 14.9. The Morgan fingerprint density at radius 3 is 2.48 bits per heavy atom. The van der Waals surface area contributed by atoms with Gasteiger partial charge in [-0.25, -0.2) is 0 Å². The van der Waals surface area contributed by atoms with Crippen molar-refractivity contribution in [3.05, 3.63) is 59.7 Å². The topological polar surface area (TPSA) is 60.0 Å². The van der Waals surface area contributed by atoms with E-state index in [4.69, 9.17) is 9.47 Å². The predicted molar refractivity (Wildman–Crippen MR) is 104 cm³/mol. The van der Waals surface area contributed by atoms with E-state index in [1.54, 1.807) is 19.2 Å². The molecule has 2 aromatic carbocycles. The maximum atomic E-state index is 12.7. The fraction of sp³-hybridized carbons (Fsp3) is 0.381. The molecule has 1 N–H and O–H groups in total. The number of hydrogen-bond acceptors (Lipinski definition) is 5. The summed E-state index contributed by atoms with van der Waals surface area (Å²) in [6, 6.07) is 13.5. The van der Waals surface area contributed by atoms with Crippen LogP contribution < -0.4 is 14.8 Å². The minimum Gasteiger partial charge on any atom is -0.497 e. The lowest BCUT2D eigenvalue weighted by atomic mass is 10.0. The Morgan fingerprint density at radius 2 is 1.83 bits per heavy atom. The molecule has 0 spiro atoms. The van der Waals surface area contributed by atoms with Crippen LogP contribution in [0.15, 0.2) is 48.5 Å². The first-order chi connectivity index (χ1) is 14.1. The Morgan fingerprint density at radius 1 is 1.14 bits per heavy atom. The number of carbonyl (C=O) groups excluding carboxylic acids is 1. The molecule has 156 valence electrons. The number of halogens is 2. The van der Waals surface area contributed by atoms with E-state index in [0.717, 1.165) is 24.4 Å². The molecule has 2 aromatic rings. The Bertz CT molecular complexity index is 796. The lowest BCUT2D eigenvalue weighted by Gasteiger charge is -2.35. The number of benzene rings is 2. The molecular formula is C21H24F2N2O4. The Hall–Kier alpha value is -2.71. The summed E-state index contributed by atoms with van der Waals surface area (Å²) in [7, 11) is 1.60. The first kappa shape index (κ1) is 21.0. The molecule has 0 radical (unpaired) electrons. The third kappa shape index (κ3) is 5.65. The number of carbonyl (C=O) groups is 1. The Balaban J connectivity index is 1.75. The van der Waals surface area contributed by atoms with E-state index in [9.17, 15) is 13.6 Å². The van der Waals surface area contributed by atoms with Crippen molar-refractivity contribution in [3.63, 3.8) is 0 Å². The van der Waals surface area contributed by atoms with Gasteiger partial charge in [0.05, 0.1) is 31.9 Å². The second kappa shape index (κ2) is 10.2. The third-order valence-corrected chi connectivity index (χ3v) is 4.79. The van der Waals surface area contributed by atoms with Crippen LogP contribution >= 0.6 is 0 Å². The largest absolute Gasteiger partial charge is 0.497 e. The van der Waals surface area contributed by atoms with Crippen LogP contribution in [0.25, 0.3) is 0 Å². The Labute approximate surface area is 168 Å². The van der Waals surface area contributed by atoms with Crippen LogP contribution in [-0.4, -0.2) is 57.4 Å². The number of rotatable bonds is 8. The maximum Gasteiger partial charge on any atom is 0.387 e. The highest BCUT2D eigenvalue weighted by Gasteiger charge is 2.24. The van der Waals surface area contributed by atoms with E-state index in [-0.39, 0.29) is 17.4 Å². The second-order valence-corrected chi connectivity index (χ2v) is 6.52. The summed E-state index contributed by atoms with van der Waals surface area (Å²) in [5.41, 5.74) is 1.09. The molecule has 6 nitrogen and oxygen atoms in total. The fourth-order valence-electron chi connectivity index (χ4n) is 3.31. The van der Waals surface area contributed by atoms with Crippen LogP contribution in [0.2, 0.25) is 0 Å². The molecule has 1 saturated heterocycles. The summed E-state index contributed by atoms with van der Waals surface area (Å²) in [6.07, 6.45) is 0. The van der Waals surface area contributed by atoms with Crippen molar-refractivity contribution < 1.29 is 27.8 Å². The van der Waals surface area contributed by atoms with Gasteiger partial charge in [0.1, 0.15) is 11.5 Å². The molecule has 1 heterocycles. The first-order valence-corrected chi connectivity index (χ1v) is 9.36. The van der Waals surface area contributed by atoms with Crippen molar-refractivity contribution in [2.45, 2.75) is 12.7 Å². The fourth-order valence-corrected chi connectivity index (χ4v) is 3.31. The monoisotopic (exact) mass is 406 g/mol. The first-order valence-electron chi connectivity index (χ1n) is 9.36. The number of nitrogens with one attached hydrogen (secondary N) is 1. The van der Waals surface area contributed by atoms with Gasteiger partial charge in [-0.3, -0.25) is 9.69 Å². The van der Waals surface area contributed by atoms with Crippen LogP contribution in [0.1, 0.15) is 22.0 Å². The number of nitrogens with zero attached hydrogens (tertiary/aromatic N) is 1. The van der Waals surface area contributed by atoms with Crippen LogP contribution in [0.5, 0.6) is 11.5 Å². The minimum atomic E-state index is -3.00. The van der Waals surface area contributed by atoms with E-state index in [2.05, 4.69) is 15.0 Å². The average Bonchev–Trinajstić information content (AvgIpc) is 2.75. The second-order valence-electron chi connectivity index (χ2n) is 6.52. The molecule has 1 unspecified atom stereocenters. The molecule has 29 heavy (non-hydrogen) atoms. The van der Waals surface area contributed by atoms with Gasteiger partial charge < -0.3 is 19.5 Å². The number of alkyl halides is 2. The van der Waals surface area contributed by atoms with Crippen molar-refractivity contribution in [2.24, 2.45) is 0 Å². The number of ether oxygens (including phenoxy) is 3. The smallest absolute Gasteiger partial charge is 0.387 e. The van der Waals surface area contributed by atoms with Crippen LogP contribution in [0.4, 0.5) is 8.78 Å². The van der Waals surface area contributed by atoms with Crippen molar-refractivity contribution in [1.82, 2.24) is 10.2 Å². The predicted octanol–water partition coefficient (Wildman–Crippen LogP) is 3.10. The van der Waals surface area contributed by atoms with Gasteiger partial charge in [-0.15, -0.1) is 0 Å². The quantitative estimate of drug-likeness (QED) is 0.730. The van der Waals surface area contributed by atoms with Crippen LogP contribution in [0.3, 0.4) is 0 Å². The van der Waals surface area contributed by atoms with Crippen molar-refractivity contribution >= 4 is 5.91 Å². The number of amides is 1. The number of hydrogen-bond donors (Lipinski definition) is 1. The molecule has 1 amide bonds. The highest BCUT2D eigenvalue weighted by molar-refractivity contribution is 5.96. The molecule has 0 bridgehead atoms. The average molecular weight is 406 g/mol. The summed E-state index contributed by atoms with van der Waals surface area (Å²) in [5.74, 6) is 0.136. The van der Waals surface area contributed by atoms with Crippen molar-refractivity contribution in [1.29, 1.82) is 0 Å². The van der Waals surface area contributed by atoms with Crippen LogP contribution in [-0.2, 0) is 4.74 Å². The zero-order valence-electron chi connectivity index (χ0n) is 16.1. The molecule has 1 aliphatic heterocycles. The van der Waals surface area contributed by atoms with Crippen LogP contribution in [0, 0.1) is 0 Å². The SMILES string of the molecule is COc1ccc(C(CNC(=O)c2ccccc2OC(F)F)N2CCOCC2)cc1. The number of methoxy groups -OCH3 is 1.